The Kier molecular flexibility index (Phi) is 8.71. The largest absolute Gasteiger partial charge is 0.414 e. The molecule has 1 aromatic rings. The molecular formula is C36H60O4Si2. The van der Waals surface area contributed by atoms with E-state index in [9.17, 15) is 5.11 Å². The third kappa shape index (κ3) is 6.79. The predicted molar refractivity (Wildman–Crippen MR) is 182 cm³/mol. The Labute approximate surface area is 259 Å². The van der Waals surface area contributed by atoms with Gasteiger partial charge in [-0.2, -0.15) is 0 Å². The Balaban J connectivity index is 1.71. The van der Waals surface area contributed by atoms with Crippen molar-refractivity contribution in [2.24, 2.45) is 5.41 Å². The van der Waals surface area contributed by atoms with E-state index in [2.05, 4.69) is 125 Å². The number of benzene rings is 1. The smallest absolute Gasteiger partial charge is 0.192 e. The average molecular weight is 613 g/mol. The summed E-state index contributed by atoms with van der Waals surface area (Å²) in [6, 6.07) is 6.61. The summed E-state index contributed by atoms with van der Waals surface area (Å²) in [5, 5.41) is 12.9. The summed E-state index contributed by atoms with van der Waals surface area (Å²) in [4.78, 5) is 0. The Morgan fingerprint density at radius 2 is 1.36 bits per heavy atom. The summed E-state index contributed by atoms with van der Waals surface area (Å²) < 4.78 is 20.6. The number of rotatable bonds is 8. The van der Waals surface area contributed by atoms with E-state index in [1.54, 1.807) is 0 Å². The van der Waals surface area contributed by atoms with Gasteiger partial charge in [-0.25, -0.2) is 0 Å². The number of allylic oxidation sites excluding steroid dienone is 2. The van der Waals surface area contributed by atoms with Crippen LogP contribution in [0.4, 0.5) is 0 Å². The molecule has 1 saturated heterocycles. The summed E-state index contributed by atoms with van der Waals surface area (Å²) >= 11 is 0. The molecule has 0 saturated carbocycles. The van der Waals surface area contributed by atoms with Gasteiger partial charge in [-0.3, -0.25) is 0 Å². The van der Waals surface area contributed by atoms with Crippen LogP contribution >= 0.6 is 0 Å². The van der Waals surface area contributed by atoms with Crippen LogP contribution in [-0.2, 0) is 19.2 Å². The number of ether oxygens (including phenoxy) is 1. The molecule has 2 heterocycles. The molecule has 1 aromatic carbocycles. The van der Waals surface area contributed by atoms with Gasteiger partial charge in [0.05, 0.1) is 18.8 Å². The van der Waals surface area contributed by atoms with Crippen LogP contribution in [0.1, 0.15) is 104 Å². The highest BCUT2D eigenvalue weighted by molar-refractivity contribution is 6.74. The lowest BCUT2D eigenvalue weighted by Gasteiger charge is -2.51. The summed E-state index contributed by atoms with van der Waals surface area (Å²) in [7, 11) is -4.07. The van der Waals surface area contributed by atoms with Gasteiger partial charge in [0.15, 0.2) is 16.6 Å². The fourth-order valence-electron chi connectivity index (χ4n) is 6.10. The molecule has 0 aromatic heterocycles. The van der Waals surface area contributed by atoms with E-state index in [0.29, 0.717) is 31.5 Å². The second-order valence-corrected chi connectivity index (χ2v) is 27.3. The first kappa shape index (κ1) is 33.9. The van der Waals surface area contributed by atoms with Gasteiger partial charge in [0.1, 0.15) is 11.2 Å². The first-order valence-corrected chi connectivity index (χ1v) is 22.0. The number of hydrogen-bond donors (Lipinski definition) is 1. The van der Waals surface area contributed by atoms with Crippen LogP contribution in [0.2, 0.25) is 36.3 Å². The standard InChI is InChI=1S/C36H60O4Si2/c1-27-14-15-29(22-30(27)28-16-18-33(8,9)19-17-28)36(37)23-34(25-38-41(10,11)31(2,3)4)20-21-35(24-36,40-34)26-39-42(12,13)32(5,6)7/h14-16,20-22,37H,17-19,23-26H2,1-13H3/t34-,35+,36?. The quantitative estimate of drug-likeness (QED) is 0.235. The molecule has 2 aliphatic heterocycles. The van der Waals surface area contributed by atoms with Crippen molar-refractivity contribution >= 4 is 22.2 Å². The van der Waals surface area contributed by atoms with Gasteiger partial charge in [0.2, 0.25) is 0 Å². The Morgan fingerprint density at radius 3 is 1.79 bits per heavy atom. The van der Waals surface area contributed by atoms with E-state index in [4.69, 9.17) is 13.6 Å². The van der Waals surface area contributed by atoms with Gasteiger partial charge in [-0.15, -0.1) is 0 Å². The summed E-state index contributed by atoms with van der Waals surface area (Å²) in [5.74, 6) is 0. The topological polar surface area (TPSA) is 47.9 Å². The molecule has 3 aliphatic rings. The van der Waals surface area contributed by atoms with Gasteiger partial charge >= 0.3 is 0 Å². The average Bonchev–Trinajstić information content (AvgIpc) is 3.12. The van der Waals surface area contributed by atoms with Crippen LogP contribution in [-0.4, -0.2) is 46.2 Å². The molecule has 236 valence electrons. The minimum absolute atomic E-state index is 0.0909. The van der Waals surface area contributed by atoms with Crippen molar-refractivity contribution in [2.75, 3.05) is 13.2 Å². The number of fused-ring (bicyclic) bond motifs is 2. The fourth-order valence-corrected chi connectivity index (χ4v) is 8.17. The van der Waals surface area contributed by atoms with Crippen LogP contribution in [0.3, 0.4) is 0 Å². The van der Waals surface area contributed by atoms with E-state index in [0.717, 1.165) is 18.4 Å². The van der Waals surface area contributed by atoms with Crippen molar-refractivity contribution in [3.63, 3.8) is 0 Å². The molecule has 1 unspecified atom stereocenters. The third-order valence-electron chi connectivity index (χ3n) is 11.3. The number of aliphatic hydroxyl groups is 1. The molecule has 4 rings (SSSR count). The third-order valence-corrected chi connectivity index (χ3v) is 20.3. The van der Waals surface area contributed by atoms with Crippen molar-refractivity contribution in [3.8, 4) is 0 Å². The molecule has 2 bridgehead atoms. The SMILES string of the molecule is Cc1ccc(C2(O)C[C@@]3(CO[Si](C)(C)C(C)(C)C)C=C[C@@](CO[Si](C)(C)C(C)(C)C)(C2)O3)cc1C1=CCC(C)(C)CC1. The first-order valence-electron chi connectivity index (χ1n) is 16.1. The van der Waals surface area contributed by atoms with Crippen LogP contribution in [0, 0.1) is 12.3 Å². The van der Waals surface area contributed by atoms with E-state index in [-0.39, 0.29) is 10.1 Å². The maximum atomic E-state index is 12.7. The molecule has 6 heteroatoms. The summed E-state index contributed by atoms with van der Waals surface area (Å²) in [6.07, 6.45) is 11.1. The van der Waals surface area contributed by atoms with Crippen molar-refractivity contribution < 1.29 is 18.7 Å². The van der Waals surface area contributed by atoms with Gasteiger partial charge in [0, 0.05) is 12.8 Å². The Morgan fingerprint density at radius 1 is 0.857 bits per heavy atom. The lowest BCUT2D eigenvalue weighted by molar-refractivity contribution is -0.217. The zero-order valence-electron chi connectivity index (χ0n) is 29.1. The van der Waals surface area contributed by atoms with E-state index in [1.807, 2.05) is 0 Å². The van der Waals surface area contributed by atoms with Gasteiger partial charge in [-0.05, 0) is 96.2 Å². The highest BCUT2D eigenvalue weighted by Crippen LogP contribution is 2.54. The summed E-state index contributed by atoms with van der Waals surface area (Å²) in [5.41, 5.74) is 2.84. The monoisotopic (exact) mass is 612 g/mol. The molecular weight excluding hydrogens is 553 g/mol. The zero-order chi connectivity index (χ0) is 31.6. The van der Waals surface area contributed by atoms with E-state index >= 15 is 0 Å². The minimum atomic E-state index is -2.04. The van der Waals surface area contributed by atoms with Crippen LogP contribution < -0.4 is 0 Å². The maximum Gasteiger partial charge on any atom is 0.192 e. The molecule has 42 heavy (non-hydrogen) atoms. The molecule has 1 fully saturated rings. The van der Waals surface area contributed by atoms with E-state index < -0.39 is 33.4 Å². The molecule has 3 atom stereocenters. The van der Waals surface area contributed by atoms with Crippen LogP contribution in [0.15, 0.2) is 36.4 Å². The van der Waals surface area contributed by atoms with Crippen molar-refractivity contribution in [1.82, 2.24) is 0 Å². The summed E-state index contributed by atoms with van der Waals surface area (Å²) in [6.45, 7) is 30.6. The van der Waals surface area contributed by atoms with Crippen molar-refractivity contribution in [1.29, 1.82) is 0 Å². The predicted octanol–water partition coefficient (Wildman–Crippen LogP) is 9.68. The second-order valence-electron chi connectivity index (χ2n) is 17.7. The van der Waals surface area contributed by atoms with Crippen LogP contribution in [0.25, 0.3) is 5.57 Å². The minimum Gasteiger partial charge on any atom is -0.414 e. The normalized spacial score (nSPS) is 30.0. The van der Waals surface area contributed by atoms with Gasteiger partial charge < -0.3 is 18.7 Å². The first-order chi connectivity index (χ1) is 18.9. The van der Waals surface area contributed by atoms with Crippen molar-refractivity contribution in [2.45, 2.75) is 147 Å². The highest BCUT2D eigenvalue weighted by atomic mass is 28.4. The molecule has 4 nitrogen and oxygen atoms in total. The Bertz CT molecular complexity index is 1180. The van der Waals surface area contributed by atoms with E-state index in [1.165, 1.54) is 23.1 Å². The number of aryl methyl sites for hydroxylation is 1. The Hall–Kier alpha value is -1.03. The lowest BCUT2D eigenvalue weighted by atomic mass is 9.73. The number of hydrogen-bond acceptors (Lipinski definition) is 4. The molecule has 0 radical (unpaired) electrons. The maximum absolute atomic E-state index is 12.7. The molecule has 1 N–H and O–H groups in total. The molecule has 0 amide bonds. The fraction of sp³-hybridized carbons (Fsp3) is 0.722. The molecule has 1 aliphatic carbocycles. The molecule has 0 spiro atoms. The lowest BCUT2D eigenvalue weighted by Crippen LogP contribution is -2.58. The highest BCUT2D eigenvalue weighted by Gasteiger charge is 2.59. The van der Waals surface area contributed by atoms with Gasteiger partial charge in [0.25, 0.3) is 0 Å². The zero-order valence-corrected chi connectivity index (χ0v) is 31.1. The van der Waals surface area contributed by atoms with Crippen LogP contribution in [0.5, 0.6) is 0 Å². The van der Waals surface area contributed by atoms with Crippen molar-refractivity contribution in [3.05, 3.63) is 53.1 Å². The van der Waals surface area contributed by atoms with Gasteiger partial charge in [-0.1, -0.05) is 85.8 Å². The second kappa shape index (κ2) is 10.8.